The summed E-state index contributed by atoms with van der Waals surface area (Å²) in [6.45, 7) is 2.57. The largest absolute Gasteiger partial charge is 0.458 e. The van der Waals surface area contributed by atoms with Crippen LogP contribution in [0.2, 0.25) is 5.28 Å². The van der Waals surface area contributed by atoms with Gasteiger partial charge in [-0.1, -0.05) is 18.2 Å². The van der Waals surface area contributed by atoms with Gasteiger partial charge in [0.2, 0.25) is 11.2 Å². The van der Waals surface area contributed by atoms with Crippen molar-refractivity contribution in [2.45, 2.75) is 13.5 Å². The zero-order valence-corrected chi connectivity index (χ0v) is 11.0. The Morgan fingerprint density at radius 1 is 1.26 bits per heavy atom. The standard InChI is InChI=1S/C12H12ClFN4O/c1-2-15-11-16-10(13)17-12(18-11)19-7-8-5-3-4-6-9(8)14/h3-6H,2,7H2,1H3,(H,15,16,17,18). The molecule has 0 atom stereocenters. The van der Waals surface area contributed by atoms with Crippen LogP contribution in [0.25, 0.3) is 0 Å². The number of nitrogens with one attached hydrogen (secondary N) is 1. The summed E-state index contributed by atoms with van der Waals surface area (Å²) in [6.07, 6.45) is 0. The van der Waals surface area contributed by atoms with Gasteiger partial charge in [0.1, 0.15) is 12.4 Å². The second-order valence-electron chi connectivity index (χ2n) is 3.62. The molecule has 0 spiro atoms. The topological polar surface area (TPSA) is 59.9 Å². The lowest BCUT2D eigenvalue weighted by Crippen LogP contribution is -2.07. The first-order chi connectivity index (χ1) is 9.19. The Labute approximate surface area is 114 Å². The summed E-state index contributed by atoms with van der Waals surface area (Å²) in [7, 11) is 0. The Kier molecular flexibility index (Phi) is 4.46. The van der Waals surface area contributed by atoms with Gasteiger partial charge in [-0.3, -0.25) is 0 Å². The van der Waals surface area contributed by atoms with Gasteiger partial charge in [0.05, 0.1) is 0 Å². The van der Waals surface area contributed by atoms with Crippen LogP contribution in [0.5, 0.6) is 6.01 Å². The Bertz CT molecular complexity index is 567. The monoisotopic (exact) mass is 282 g/mol. The molecule has 0 saturated heterocycles. The molecular weight excluding hydrogens is 271 g/mol. The van der Waals surface area contributed by atoms with E-state index in [0.29, 0.717) is 18.1 Å². The second kappa shape index (κ2) is 6.29. The van der Waals surface area contributed by atoms with Crippen LogP contribution in [0, 0.1) is 5.82 Å². The molecule has 0 radical (unpaired) electrons. The number of benzene rings is 1. The van der Waals surface area contributed by atoms with Crippen LogP contribution >= 0.6 is 11.6 Å². The summed E-state index contributed by atoms with van der Waals surface area (Å²) in [5.41, 5.74) is 0.420. The first-order valence-corrected chi connectivity index (χ1v) is 6.08. The van der Waals surface area contributed by atoms with Crippen LogP contribution in [-0.2, 0) is 6.61 Å². The highest BCUT2D eigenvalue weighted by molar-refractivity contribution is 6.28. The Balaban J connectivity index is 2.09. The van der Waals surface area contributed by atoms with E-state index in [1.165, 1.54) is 6.07 Å². The molecule has 0 fully saturated rings. The third-order valence-corrected chi connectivity index (χ3v) is 2.41. The molecule has 0 unspecified atom stereocenters. The molecule has 0 aliphatic rings. The number of ether oxygens (including phenoxy) is 1. The van der Waals surface area contributed by atoms with Gasteiger partial charge in [0.15, 0.2) is 0 Å². The van der Waals surface area contributed by atoms with E-state index in [4.69, 9.17) is 16.3 Å². The number of hydrogen-bond acceptors (Lipinski definition) is 5. The van der Waals surface area contributed by atoms with Gasteiger partial charge in [-0.05, 0) is 24.6 Å². The SMILES string of the molecule is CCNc1nc(Cl)nc(OCc2ccccc2F)n1. The highest BCUT2D eigenvalue weighted by Crippen LogP contribution is 2.14. The number of hydrogen-bond donors (Lipinski definition) is 1. The van der Waals surface area contributed by atoms with E-state index in [9.17, 15) is 4.39 Å². The summed E-state index contributed by atoms with van der Waals surface area (Å²) in [5, 5.41) is 2.92. The normalized spacial score (nSPS) is 10.3. The van der Waals surface area contributed by atoms with E-state index in [0.717, 1.165) is 0 Å². The number of rotatable bonds is 5. The molecule has 0 amide bonds. The summed E-state index contributed by atoms with van der Waals surface area (Å²) >= 11 is 5.74. The first-order valence-electron chi connectivity index (χ1n) is 5.70. The molecule has 0 saturated carbocycles. The van der Waals surface area contributed by atoms with Crippen molar-refractivity contribution in [3.8, 4) is 6.01 Å². The van der Waals surface area contributed by atoms with Crippen molar-refractivity contribution in [3.63, 3.8) is 0 Å². The van der Waals surface area contributed by atoms with Gasteiger partial charge in [0, 0.05) is 12.1 Å². The molecule has 1 aromatic heterocycles. The fraction of sp³-hybridized carbons (Fsp3) is 0.250. The average Bonchev–Trinajstić information content (AvgIpc) is 2.37. The zero-order chi connectivity index (χ0) is 13.7. The third-order valence-electron chi connectivity index (χ3n) is 2.24. The molecule has 1 N–H and O–H groups in total. The van der Waals surface area contributed by atoms with E-state index in [1.807, 2.05) is 6.92 Å². The van der Waals surface area contributed by atoms with Crippen molar-refractivity contribution in [3.05, 3.63) is 40.9 Å². The first kappa shape index (κ1) is 13.5. The summed E-state index contributed by atoms with van der Waals surface area (Å²) in [6, 6.07) is 6.39. The van der Waals surface area contributed by atoms with E-state index in [2.05, 4.69) is 20.3 Å². The van der Waals surface area contributed by atoms with Gasteiger partial charge in [0.25, 0.3) is 0 Å². The Morgan fingerprint density at radius 2 is 2.05 bits per heavy atom. The van der Waals surface area contributed by atoms with Crippen LogP contribution in [-0.4, -0.2) is 21.5 Å². The van der Waals surface area contributed by atoms with Crippen molar-refractivity contribution in [2.24, 2.45) is 0 Å². The smallest absolute Gasteiger partial charge is 0.322 e. The number of halogens is 2. The van der Waals surface area contributed by atoms with Crippen molar-refractivity contribution < 1.29 is 9.13 Å². The second-order valence-corrected chi connectivity index (χ2v) is 3.96. The van der Waals surface area contributed by atoms with Crippen LogP contribution in [0.3, 0.4) is 0 Å². The molecule has 100 valence electrons. The van der Waals surface area contributed by atoms with Gasteiger partial charge < -0.3 is 10.1 Å². The molecule has 2 aromatic rings. The summed E-state index contributed by atoms with van der Waals surface area (Å²) in [5.74, 6) is -0.0133. The van der Waals surface area contributed by atoms with Gasteiger partial charge >= 0.3 is 6.01 Å². The van der Waals surface area contributed by atoms with Crippen LogP contribution in [0.4, 0.5) is 10.3 Å². The van der Waals surface area contributed by atoms with Gasteiger partial charge in [-0.15, -0.1) is 0 Å². The van der Waals surface area contributed by atoms with Crippen molar-refractivity contribution in [2.75, 3.05) is 11.9 Å². The predicted octanol–water partition coefficient (Wildman–Crippen LogP) is 2.67. The fourth-order valence-electron chi connectivity index (χ4n) is 1.39. The maximum absolute atomic E-state index is 13.4. The molecule has 1 aromatic carbocycles. The molecule has 19 heavy (non-hydrogen) atoms. The highest BCUT2D eigenvalue weighted by Gasteiger charge is 2.07. The quantitative estimate of drug-likeness (QED) is 0.913. The number of nitrogens with zero attached hydrogens (tertiary/aromatic N) is 3. The van der Waals surface area contributed by atoms with Crippen molar-refractivity contribution >= 4 is 17.5 Å². The molecule has 1 heterocycles. The lowest BCUT2D eigenvalue weighted by Gasteiger charge is -2.07. The van der Waals surface area contributed by atoms with Crippen molar-refractivity contribution in [1.82, 2.24) is 15.0 Å². The fourth-order valence-corrected chi connectivity index (χ4v) is 1.54. The maximum Gasteiger partial charge on any atom is 0.322 e. The molecule has 7 heteroatoms. The highest BCUT2D eigenvalue weighted by atomic mass is 35.5. The summed E-state index contributed by atoms with van der Waals surface area (Å²) in [4.78, 5) is 11.7. The molecule has 5 nitrogen and oxygen atoms in total. The minimum Gasteiger partial charge on any atom is -0.458 e. The van der Waals surface area contributed by atoms with E-state index >= 15 is 0 Å². The molecule has 2 rings (SSSR count). The average molecular weight is 283 g/mol. The Hall–Kier alpha value is -1.95. The third kappa shape index (κ3) is 3.75. The molecular formula is C12H12ClFN4O. The predicted molar refractivity (Wildman–Crippen MR) is 69.7 cm³/mol. The summed E-state index contributed by atoms with van der Waals surface area (Å²) < 4.78 is 18.7. The lowest BCUT2D eigenvalue weighted by molar-refractivity contribution is 0.275. The molecule has 0 bridgehead atoms. The minimum atomic E-state index is -0.338. The van der Waals surface area contributed by atoms with Crippen LogP contribution in [0.15, 0.2) is 24.3 Å². The molecule has 0 aliphatic heterocycles. The lowest BCUT2D eigenvalue weighted by atomic mass is 10.2. The van der Waals surface area contributed by atoms with Crippen LogP contribution < -0.4 is 10.1 Å². The van der Waals surface area contributed by atoms with Gasteiger partial charge in [-0.2, -0.15) is 15.0 Å². The number of anilines is 1. The minimum absolute atomic E-state index is 0.0227. The molecule has 0 aliphatic carbocycles. The number of aromatic nitrogens is 3. The van der Waals surface area contributed by atoms with E-state index in [-0.39, 0.29) is 23.7 Å². The van der Waals surface area contributed by atoms with Gasteiger partial charge in [-0.25, -0.2) is 4.39 Å². The maximum atomic E-state index is 13.4. The van der Waals surface area contributed by atoms with Crippen molar-refractivity contribution in [1.29, 1.82) is 0 Å². The van der Waals surface area contributed by atoms with Crippen LogP contribution in [0.1, 0.15) is 12.5 Å². The van der Waals surface area contributed by atoms with E-state index in [1.54, 1.807) is 18.2 Å². The van der Waals surface area contributed by atoms with E-state index < -0.39 is 0 Å². The Morgan fingerprint density at radius 3 is 2.79 bits per heavy atom. The zero-order valence-electron chi connectivity index (χ0n) is 10.2.